The smallest absolute Gasteiger partial charge is 0.269 e. The normalized spacial score (nSPS) is 20.0. The van der Waals surface area contributed by atoms with Gasteiger partial charge in [-0.25, -0.2) is 8.42 Å². The number of rotatable bonds is 2. The molecule has 1 aromatic carbocycles. The Hall–Kier alpha value is -2.15. The Morgan fingerprint density at radius 3 is 2.78 bits per heavy atom. The maximum atomic E-state index is 13.1. The van der Waals surface area contributed by atoms with Crippen LogP contribution in [-0.2, 0) is 10.0 Å². The molecule has 1 aromatic heterocycles. The van der Waals surface area contributed by atoms with Gasteiger partial charge >= 0.3 is 0 Å². The van der Waals surface area contributed by atoms with Gasteiger partial charge in [-0.05, 0) is 31.9 Å². The Balaban J connectivity index is 1.90. The summed E-state index contributed by atoms with van der Waals surface area (Å²) in [7, 11) is -3.75. The van der Waals surface area contributed by atoms with E-state index in [-0.39, 0.29) is 22.4 Å². The molecule has 0 saturated carbocycles. The van der Waals surface area contributed by atoms with Crippen LogP contribution in [0.15, 0.2) is 27.6 Å². The number of aromatic nitrogens is 1. The first-order chi connectivity index (χ1) is 10.9. The van der Waals surface area contributed by atoms with Crippen molar-refractivity contribution in [3.63, 3.8) is 0 Å². The fourth-order valence-corrected chi connectivity index (χ4v) is 5.51. The summed E-state index contributed by atoms with van der Waals surface area (Å²) in [6.07, 6.45) is 1.16. The van der Waals surface area contributed by atoms with Crippen LogP contribution in [0.25, 0.3) is 0 Å². The molecule has 120 valence electrons. The summed E-state index contributed by atoms with van der Waals surface area (Å²) in [5.41, 5.74) is 2.50. The summed E-state index contributed by atoms with van der Waals surface area (Å²) in [5, 5.41) is 3.76. The maximum Gasteiger partial charge on any atom is 0.269 e. The van der Waals surface area contributed by atoms with Gasteiger partial charge in [0.1, 0.15) is 5.69 Å². The number of aryl methyl sites for hydroxylation is 2. The van der Waals surface area contributed by atoms with Crippen LogP contribution in [0, 0.1) is 13.8 Å². The summed E-state index contributed by atoms with van der Waals surface area (Å²) in [6.45, 7) is 3.58. The van der Waals surface area contributed by atoms with Gasteiger partial charge in [0.15, 0.2) is 16.4 Å². The minimum absolute atomic E-state index is 0.0779. The van der Waals surface area contributed by atoms with Crippen LogP contribution >= 0.6 is 0 Å². The van der Waals surface area contributed by atoms with Crippen molar-refractivity contribution in [1.82, 2.24) is 5.16 Å². The Morgan fingerprint density at radius 1 is 1.30 bits per heavy atom. The van der Waals surface area contributed by atoms with Crippen molar-refractivity contribution in [2.24, 2.45) is 0 Å². The molecule has 2 aliphatic rings. The fourth-order valence-electron chi connectivity index (χ4n) is 3.69. The first kappa shape index (κ1) is 14.4. The summed E-state index contributed by atoms with van der Waals surface area (Å²) >= 11 is 0. The molecule has 0 N–H and O–H groups in total. The van der Waals surface area contributed by atoms with E-state index < -0.39 is 10.0 Å². The van der Waals surface area contributed by atoms with E-state index in [1.54, 1.807) is 32.0 Å². The molecule has 1 atom stereocenters. The molecule has 0 bridgehead atoms. The SMILES string of the molecule is Cc1noc(C)c1S(=O)(=O)N1CC2CCC(=O)c3cccc1c32. The highest BCUT2D eigenvalue weighted by Gasteiger charge is 2.42. The standard InChI is InChI=1S/C16H16N2O4S/c1-9-16(10(2)22-17-9)23(20,21)18-8-11-6-7-14(19)12-4-3-5-13(18)15(11)12/h3-5,11H,6-8H2,1-2H3. The van der Waals surface area contributed by atoms with E-state index in [1.807, 2.05) is 0 Å². The first-order valence-corrected chi connectivity index (χ1v) is 8.97. The third-order valence-corrected chi connectivity index (χ3v) is 6.71. The molecule has 1 unspecified atom stereocenters. The van der Waals surface area contributed by atoms with Crippen LogP contribution < -0.4 is 4.31 Å². The highest BCUT2D eigenvalue weighted by molar-refractivity contribution is 7.93. The molecule has 0 saturated heterocycles. The first-order valence-electron chi connectivity index (χ1n) is 7.53. The minimum Gasteiger partial charge on any atom is -0.360 e. The molecular formula is C16H16N2O4S. The number of carbonyl (C=O) groups excluding carboxylic acids is 1. The van der Waals surface area contributed by atoms with Crippen LogP contribution in [0.1, 0.15) is 46.1 Å². The van der Waals surface area contributed by atoms with Gasteiger partial charge in [0.25, 0.3) is 10.0 Å². The third kappa shape index (κ3) is 1.89. The van der Waals surface area contributed by atoms with Gasteiger partial charge in [0.05, 0.1) is 5.69 Å². The zero-order chi connectivity index (χ0) is 16.4. The molecule has 0 fully saturated rings. The second-order valence-corrected chi connectivity index (χ2v) is 7.89. The monoisotopic (exact) mass is 332 g/mol. The molecule has 2 aromatic rings. The van der Waals surface area contributed by atoms with E-state index in [2.05, 4.69) is 5.16 Å². The molecule has 0 spiro atoms. The van der Waals surface area contributed by atoms with Gasteiger partial charge in [-0.2, -0.15) is 0 Å². The number of carbonyl (C=O) groups is 1. The van der Waals surface area contributed by atoms with E-state index in [0.717, 1.165) is 5.56 Å². The zero-order valence-electron chi connectivity index (χ0n) is 12.9. The van der Waals surface area contributed by atoms with Crippen molar-refractivity contribution in [2.45, 2.75) is 37.5 Å². The minimum atomic E-state index is -3.75. The van der Waals surface area contributed by atoms with Gasteiger partial charge in [-0.15, -0.1) is 0 Å². The number of Topliss-reactive ketones (excluding diaryl/α,β-unsaturated/α-hetero) is 1. The van der Waals surface area contributed by atoms with Crippen LogP contribution in [0.4, 0.5) is 5.69 Å². The van der Waals surface area contributed by atoms with Gasteiger partial charge < -0.3 is 4.52 Å². The number of anilines is 1. The molecule has 23 heavy (non-hydrogen) atoms. The summed E-state index contributed by atoms with van der Waals surface area (Å²) < 4.78 is 32.7. The summed E-state index contributed by atoms with van der Waals surface area (Å²) in [5.74, 6) is 0.457. The molecule has 4 rings (SSSR count). The van der Waals surface area contributed by atoms with Crippen LogP contribution in [0.3, 0.4) is 0 Å². The third-order valence-electron chi connectivity index (χ3n) is 4.68. The number of benzene rings is 1. The molecule has 6 nitrogen and oxygen atoms in total. The van der Waals surface area contributed by atoms with Crippen molar-refractivity contribution >= 4 is 21.5 Å². The van der Waals surface area contributed by atoms with Crippen LogP contribution in [0.5, 0.6) is 0 Å². The molecule has 2 heterocycles. The molecule has 7 heteroatoms. The van der Waals surface area contributed by atoms with Gasteiger partial charge in [-0.1, -0.05) is 17.3 Å². The largest absolute Gasteiger partial charge is 0.360 e. The quantitative estimate of drug-likeness (QED) is 0.844. The maximum absolute atomic E-state index is 13.1. The predicted octanol–water partition coefficient (Wildman–Crippen LogP) is 2.56. The topological polar surface area (TPSA) is 80.5 Å². The van der Waals surface area contributed by atoms with Crippen molar-refractivity contribution in [1.29, 1.82) is 0 Å². The highest BCUT2D eigenvalue weighted by atomic mass is 32.2. The van der Waals surface area contributed by atoms with E-state index >= 15 is 0 Å². The molecule has 0 amide bonds. The van der Waals surface area contributed by atoms with Gasteiger partial charge in [-0.3, -0.25) is 9.10 Å². The highest BCUT2D eigenvalue weighted by Crippen LogP contribution is 2.46. The number of hydrogen-bond acceptors (Lipinski definition) is 5. The van der Waals surface area contributed by atoms with Gasteiger partial charge in [0, 0.05) is 24.4 Å². The number of nitrogens with zero attached hydrogens (tertiary/aromatic N) is 2. The predicted molar refractivity (Wildman–Crippen MR) is 83.3 cm³/mol. The summed E-state index contributed by atoms with van der Waals surface area (Å²) in [4.78, 5) is 12.2. The van der Waals surface area contributed by atoms with Crippen LogP contribution in [0.2, 0.25) is 0 Å². The van der Waals surface area contributed by atoms with Crippen molar-refractivity contribution in [3.05, 3.63) is 40.8 Å². The van der Waals surface area contributed by atoms with Crippen molar-refractivity contribution < 1.29 is 17.7 Å². The molecular weight excluding hydrogens is 316 g/mol. The average molecular weight is 332 g/mol. The number of sulfonamides is 1. The van der Waals surface area contributed by atoms with E-state index in [1.165, 1.54) is 4.31 Å². The van der Waals surface area contributed by atoms with Crippen molar-refractivity contribution in [2.75, 3.05) is 10.8 Å². The Labute approximate surface area is 134 Å². The van der Waals surface area contributed by atoms with Crippen molar-refractivity contribution in [3.8, 4) is 0 Å². The molecule has 1 aliphatic heterocycles. The summed E-state index contributed by atoms with van der Waals surface area (Å²) in [6, 6.07) is 5.31. The lowest BCUT2D eigenvalue weighted by Gasteiger charge is -2.19. The number of ketones is 1. The number of hydrogen-bond donors (Lipinski definition) is 0. The molecule has 0 radical (unpaired) electrons. The van der Waals surface area contributed by atoms with E-state index in [0.29, 0.717) is 36.3 Å². The lowest BCUT2D eigenvalue weighted by atomic mass is 9.83. The Bertz CT molecular complexity index is 910. The van der Waals surface area contributed by atoms with E-state index in [9.17, 15) is 13.2 Å². The second kappa shape index (κ2) is 4.67. The zero-order valence-corrected chi connectivity index (χ0v) is 13.7. The lowest BCUT2D eigenvalue weighted by molar-refractivity contribution is 0.0968. The average Bonchev–Trinajstić information content (AvgIpc) is 3.05. The van der Waals surface area contributed by atoms with Crippen LogP contribution in [-0.4, -0.2) is 25.9 Å². The Kier molecular flexibility index (Phi) is 2.93. The Morgan fingerprint density at radius 2 is 2.09 bits per heavy atom. The molecule has 1 aliphatic carbocycles. The fraction of sp³-hybridized carbons (Fsp3) is 0.375. The van der Waals surface area contributed by atoms with Gasteiger partial charge in [0.2, 0.25) is 0 Å². The second-order valence-electron chi connectivity index (χ2n) is 6.09. The lowest BCUT2D eigenvalue weighted by Crippen LogP contribution is -2.30. The van der Waals surface area contributed by atoms with E-state index in [4.69, 9.17) is 4.52 Å².